The molecule has 80 valence electrons. The molecule has 0 saturated carbocycles. The number of rotatable bonds is 2. The molecule has 1 aromatic carbocycles. The van der Waals surface area contributed by atoms with E-state index in [-0.39, 0.29) is 0 Å². The summed E-state index contributed by atoms with van der Waals surface area (Å²) in [6.07, 6.45) is 6.19. The highest BCUT2D eigenvalue weighted by Gasteiger charge is 2.04. The summed E-state index contributed by atoms with van der Waals surface area (Å²) < 4.78 is 2.06. The van der Waals surface area contributed by atoms with E-state index in [0.29, 0.717) is 0 Å². The van der Waals surface area contributed by atoms with Gasteiger partial charge in [-0.2, -0.15) is 0 Å². The summed E-state index contributed by atoms with van der Waals surface area (Å²) in [5.74, 6) is 0. The number of benzene rings is 1. The quantitative estimate of drug-likeness (QED) is 0.640. The van der Waals surface area contributed by atoms with Gasteiger partial charge in [0, 0.05) is 28.2 Å². The van der Waals surface area contributed by atoms with Gasteiger partial charge in [0.2, 0.25) is 0 Å². The van der Waals surface area contributed by atoms with Crippen molar-refractivity contribution in [1.82, 2.24) is 9.38 Å². The monoisotopic (exact) mass is 246 g/mol. The SMILES string of the molecule is CSc1ccc(-c2cn3ccsc3n2)cc1. The Morgan fingerprint density at radius 1 is 1.25 bits per heavy atom. The van der Waals surface area contributed by atoms with Gasteiger partial charge < -0.3 is 0 Å². The fraction of sp³-hybridized carbons (Fsp3) is 0.0833. The highest BCUT2D eigenvalue weighted by Crippen LogP contribution is 2.23. The predicted octanol–water partition coefficient (Wildman–Crippen LogP) is 3.78. The van der Waals surface area contributed by atoms with Crippen LogP contribution >= 0.6 is 23.1 Å². The van der Waals surface area contributed by atoms with Crippen LogP contribution in [0.4, 0.5) is 0 Å². The number of aromatic nitrogens is 2. The molecule has 3 rings (SSSR count). The standard InChI is InChI=1S/C12H10N2S2/c1-15-10-4-2-9(3-5-10)11-8-14-6-7-16-12(14)13-11/h2-8H,1H3. The zero-order valence-electron chi connectivity index (χ0n) is 8.75. The summed E-state index contributed by atoms with van der Waals surface area (Å²) in [6, 6.07) is 8.51. The van der Waals surface area contributed by atoms with Gasteiger partial charge in [-0.05, 0) is 18.4 Å². The fourth-order valence-corrected chi connectivity index (χ4v) is 2.74. The van der Waals surface area contributed by atoms with Crippen LogP contribution in [0.5, 0.6) is 0 Å². The lowest BCUT2D eigenvalue weighted by molar-refractivity contribution is 1.23. The van der Waals surface area contributed by atoms with Crippen LogP contribution in [0.15, 0.2) is 46.9 Å². The van der Waals surface area contributed by atoms with Crippen molar-refractivity contribution in [1.29, 1.82) is 0 Å². The van der Waals surface area contributed by atoms with E-state index in [2.05, 4.69) is 46.1 Å². The Morgan fingerprint density at radius 2 is 2.06 bits per heavy atom. The molecular formula is C12H10N2S2. The lowest BCUT2D eigenvalue weighted by atomic mass is 10.2. The summed E-state index contributed by atoms with van der Waals surface area (Å²) >= 11 is 3.41. The topological polar surface area (TPSA) is 17.3 Å². The molecule has 16 heavy (non-hydrogen) atoms. The van der Waals surface area contributed by atoms with Crippen molar-refractivity contribution in [3.8, 4) is 11.3 Å². The highest BCUT2D eigenvalue weighted by molar-refractivity contribution is 7.98. The molecule has 0 spiro atoms. The van der Waals surface area contributed by atoms with E-state index < -0.39 is 0 Å². The molecule has 0 bridgehead atoms. The van der Waals surface area contributed by atoms with Crippen molar-refractivity contribution in [3.63, 3.8) is 0 Å². The summed E-state index contributed by atoms with van der Waals surface area (Å²) in [5, 5.41) is 2.04. The van der Waals surface area contributed by atoms with E-state index in [4.69, 9.17) is 0 Å². The van der Waals surface area contributed by atoms with Crippen LogP contribution in [-0.4, -0.2) is 15.6 Å². The average molecular weight is 246 g/mol. The van der Waals surface area contributed by atoms with Gasteiger partial charge in [-0.1, -0.05) is 12.1 Å². The molecule has 0 aliphatic heterocycles. The second-order valence-corrected chi connectivity index (χ2v) is 5.20. The minimum Gasteiger partial charge on any atom is -0.297 e. The summed E-state index contributed by atoms with van der Waals surface area (Å²) in [7, 11) is 0. The zero-order valence-corrected chi connectivity index (χ0v) is 10.4. The lowest BCUT2D eigenvalue weighted by Crippen LogP contribution is -1.77. The molecule has 4 heteroatoms. The average Bonchev–Trinajstić information content (AvgIpc) is 2.89. The number of thioether (sulfide) groups is 1. The second-order valence-electron chi connectivity index (χ2n) is 3.45. The molecule has 0 atom stereocenters. The van der Waals surface area contributed by atoms with Crippen molar-refractivity contribution in [2.24, 2.45) is 0 Å². The molecule has 2 heterocycles. The third-order valence-electron chi connectivity index (χ3n) is 2.48. The zero-order chi connectivity index (χ0) is 11.0. The van der Waals surface area contributed by atoms with Gasteiger partial charge in [0.05, 0.1) is 5.69 Å². The first kappa shape index (κ1) is 9.93. The maximum absolute atomic E-state index is 4.57. The molecule has 0 unspecified atom stereocenters. The minimum atomic E-state index is 1.04. The van der Waals surface area contributed by atoms with Gasteiger partial charge in [0.15, 0.2) is 4.96 Å². The van der Waals surface area contributed by atoms with Crippen molar-refractivity contribution < 1.29 is 0 Å². The van der Waals surface area contributed by atoms with E-state index in [1.165, 1.54) is 10.5 Å². The molecule has 0 aliphatic carbocycles. The summed E-state index contributed by atoms with van der Waals surface area (Å²) in [5.41, 5.74) is 2.22. The Kier molecular flexibility index (Phi) is 2.46. The summed E-state index contributed by atoms with van der Waals surface area (Å²) in [4.78, 5) is 6.90. The third kappa shape index (κ3) is 1.64. The van der Waals surface area contributed by atoms with Crippen LogP contribution in [0.2, 0.25) is 0 Å². The number of imidazole rings is 1. The molecule has 0 radical (unpaired) electrons. The molecule has 2 aromatic heterocycles. The van der Waals surface area contributed by atoms with E-state index in [1.54, 1.807) is 23.1 Å². The number of hydrogen-bond donors (Lipinski definition) is 0. The smallest absolute Gasteiger partial charge is 0.194 e. The molecule has 2 nitrogen and oxygen atoms in total. The molecule has 0 N–H and O–H groups in total. The van der Waals surface area contributed by atoms with Crippen LogP contribution in [0.1, 0.15) is 0 Å². The van der Waals surface area contributed by atoms with E-state index in [9.17, 15) is 0 Å². The molecule has 0 fully saturated rings. The van der Waals surface area contributed by atoms with Gasteiger partial charge in [0.25, 0.3) is 0 Å². The number of nitrogens with zero attached hydrogens (tertiary/aromatic N) is 2. The van der Waals surface area contributed by atoms with E-state index >= 15 is 0 Å². The van der Waals surface area contributed by atoms with Crippen molar-refractivity contribution >= 4 is 28.1 Å². The Labute approximate surface area is 102 Å². The molecule has 0 saturated heterocycles. The van der Waals surface area contributed by atoms with E-state index in [0.717, 1.165) is 10.7 Å². The first-order chi connectivity index (χ1) is 7.86. The Balaban J connectivity index is 2.05. The van der Waals surface area contributed by atoms with Crippen LogP contribution in [0.25, 0.3) is 16.2 Å². The largest absolute Gasteiger partial charge is 0.297 e. The maximum atomic E-state index is 4.57. The molecular weight excluding hydrogens is 236 g/mol. The second kappa shape index (κ2) is 3.96. The van der Waals surface area contributed by atoms with Crippen LogP contribution in [-0.2, 0) is 0 Å². The van der Waals surface area contributed by atoms with Crippen molar-refractivity contribution in [2.75, 3.05) is 6.26 Å². The van der Waals surface area contributed by atoms with Gasteiger partial charge in [0.1, 0.15) is 0 Å². The van der Waals surface area contributed by atoms with Crippen LogP contribution in [0.3, 0.4) is 0 Å². The fourth-order valence-electron chi connectivity index (χ4n) is 1.63. The molecule has 3 aromatic rings. The Morgan fingerprint density at radius 3 is 2.75 bits per heavy atom. The normalized spacial score (nSPS) is 11.1. The Bertz CT molecular complexity index is 579. The van der Waals surface area contributed by atoms with Crippen LogP contribution in [0, 0.1) is 0 Å². The first-order valence-electron chi connectivity index (χ1n) is 4.93. The molecule has 0 aliphatic rings. The highest BCUT2D eigenvalue weighted by atomic mass is 32.2. The van der Waals surface area contributed by atoms with Gasteiger partial charge >= 0.3 is 0 Å². The van der Waals surface area contributed by atoms with Crippen LogP contribution < -0.4 is 0 Å². The van der Waals surface area contributed by atoms with Gasteiger partial charge in [-0.15, -0.1) is 23.1 Å². The van der Waals surface area contributed by atoms with Crippen molar-refractivity contribution in [3.05, 3.63) is 42.0 Å². The predicted molar refractivity (Wildman–Crippen MR) is 70.3 cm³/mol. The third-order valence-corrected chi connectivity index (χ3v) is 3.99. The number of fused-ring (bicyclic) bond motifs is 1. The lowest BCUT2D eigenvalue weighted by Gasteiger charge is -1.98. The van der Waals surface area contributed by atoms with E-state index in [1.807, 2.05) is 11.6 Å². The van der Waals surface area contributed by atoms with Gasteiger partial charge in [-0.25, -0.2) is 4.98 Å². The Hall–Kier alpha value is -1.26. The number of thiazole rings is 1. The van der Waals surface area contributed by atoms with Crippen molar-refractivity contribution in [2.45, 2.75) is 4.90 Å². The maximum Gasteiger partial charge on any atom is 0.194 e. The molecule has 0 amide bonds. The first-order valence-corrected chi connectivity index (χ1v) is 7.04. The van der Waals surface area contributed by atoms with Gasteiger partial charge in [-0.3, -0.25) is 4.40 Å². The number of hydrogen-bond acceptors (Lipinski definition) is 3. The minimum absolute atomic E-state index is 1.04. The summed E-state index contributed by atoms with van der Waals surface area (Å²) in [6.45, 7) is 0.